The molecule has 1 aliphatic heterocycles. The van der Waals surface area contributed by atoms with Gasteiger partial charge in [0.1, 0.15) is 22.3 Å². The summed E-state index contributed by atoms with van der Waals surface area (Å²) in [4.78, 5) is 27.9. The fourth-order valence-corrected chi connectivity index (χ4v) is 8.24. The maximum absolute atomic E-state index is 12.2. The van der Waals surface area contributed by atoms with Gasteiger partial charge < -0.3 is 13.7 Å². The predicted octanol–water partition coefficient (Wildman–Crippen LogP) is 13.4. The topological polar surface area (TPSA) is 66.9 Å². The lowest BCUT2D eigenvalue weighted by atomic mass is 10.0. The molecule has 2 aromatic heterocycles. The molecule has 0 spiro atoms. The first kappa shape index (κ1) is 33.4. The molecule has 0 bridgehead atoms. The van der Waals surface area contributed by atoms with E-state index in [4.69, 9.17) is 8.83 Å². The first-order valence-electron chi connectivity index (χ1n) is 19.2. The Morgan fingerprint density at radius 2 is 0.741 bits per heavy atom. The van der Waals surface area contributed by atoms with E-state index >= 15 is 0 Å². The third-order valence-electron chi connectivity index (χ3n) is 11.1. The Hall–Kier alpha value is -7.96. The van der Waals surface area contributed by atoms with E-state index < -0.39 is 0 Å². The van der Waals surface area contributed by atoms with Crippen molar-refractivity contribution in [3.63, 3.8) is 0 Å². The van der Waals surface area contributed by atoms with E-state index in [9.17, 15) is 9.59 Å². The molecule has 0 fully saturated rings. The van der Waals surface area contributed by atoms with Crippen LogP contribution in [0, 0.1) is 0 Å². The van der Waals surface area contributed by atoms with Crippen molar-refractivity contribution in [1.29, 1.82) is 0 Å². The second-order valence-electron chi connectivity index (χ2n) is 14.4. The van der Waals surface area contributed by atoms with E-state index in [1.165, 1.54) is 17.1 Å². The van der Waals surface area contributed by atoms with Crippen molar-refractivity contribution in [2.24, 2.45) is 0 Å². The van der Waals surface area contributed by atoms with Gasteiger partial charge in [0, 0.05) is 61.9 Å². The Balaban J connectivity index is 0.966. The zero-order valence-corrected chi connectivity index (χ0v) is 31.0. The summed E-state index contributed by atoms with van der Waals surface area (Å²) in [5, 5.41) is 4.41. The minimum atomic E-state index is -0.332. The van der Waals surface area contributed by atoms with E-state index in [0.717, 1.165) is 94.3 Å². The highest BCUT2D eigenvalue weighted by molar-refractivity contribution is 6.28. The average Bonchev–Trinajstić information content (AvgIpc) is 3.96. The minimum absolute atomic E-state index is 0.332. The van der Waals surface area contributed by atoms with Gasteiger partial charge in [0.2, 0.25) is 0 Å². The number of benzene rings is 8. The van der Waals surface area contributed by atoms with Gasteiger partial charge in [-0.25, -0.2) is 4.90 Å². The molecule has 0 saturated carbocycles. The summed E-state index contributed by atoms with van der Waals surface area (Å²) in [6.45, 7) is 0. The lowest BCUT2D eigenvalue weighted by Gasteiger charge is -2.26. The van der Waals surface area contributed by atoms with Crippen LogP contribution in [-0.4, -0.2) is 11.8 Å². The van der Waals surface area contributed by atoms with Gasteiger partial charge in [-0.2, -0.15) is 0 Å². The van der Waals surface area contributed by atoms with Gasteiger partial charge in [-0.05, 0) is 82.9 Å². The number of carbonyl (C=O) groups excluding carboxylic acids is 2. The van der Waals surface area contributed by atoms with E-state index in [-0.39, 0.29) is 11.8 Å². The maximum atomic E-state index is 12.2. The molecule has 1 aliphatic rings. The van der Waals surface area contributed by atoms with Crippen LogP contribution >= 0.6 is 0 Å². The van der Waals surface area contributed by atoms with E-state index in [2.05, 4.69) is 126 Å². The van der Waals surface area contributed by atoms with E-state index in [0.29, 0.717) is 5.69 Å². The van der Waals surface area contributed by atoms with Gasteiger partial charge in [0.15, 0.2) is 0 Å². The molecule has 0 unspecified atom stereocenters. The molecule has 0 radical (unpaired) electrons. The highest BCUT2D eigenvalue weighted by Gasteiger charge is 2.25. The Morgan fingerprint density at radius 1 is 0.362 bits per heavy atom. The van der Waals surface area contributed by atoms with Crippen LogP contribution in [0.4, 0.5) is 22.7 Å². The lowest BCUT2D eigenvalue weighted by molar-refractivity contribution is -0.119. The van der Waals surface area contributed by atoms with Gasteiger partial charge in [-0.3, -0.25) is 9.59 Å². The highest BCUT2D eigenvalue weighted by Crippen LogP contribution is 2.41. The average molecular weight is 749 g/mol. The molecule has 0 aliphatic carbocycles. The predicted molar refractivity (Wildman–Crippen MR) is 234 cm³/mol. The first-order valence-corrected chi connectivity index (χ1v) is 19.2. The number of rotatable bonds is 7. The minimum Gasteiger partial charge on any atom is -0.455 e. The molecule has 6 heteroatoms. The molecule has 3 heterocycles. The van der Waals surface area contributed by atoms with Crippen molar-refractivity contribution in [3.05, 3.63) is 194 Å². The molecule has 58 heavy (non-hydrogen) atoms. The third-order valence-corrected chi connectivity index (χ3v) is 11.1. The fraction of sp³-hybridized carbons (Fsp3) is 0. The SMILES string of the molecule is O=C1C=CC(=O)N1c1ccc(-c2ccc(N(c3ccc(-c4cccc5c4oc4ccccc45)cc3)c3ccc(-c4cccc5c4oc4ccccc45)cc3)cc2)cc1. The zero-order valence-electron chi connectivity index (χ0n) is 31.0. The van der Waals surface area contributed by atoms with Crippen LogP contribution in [0.1, 0.15) is 0 Å². The standard InChI is InChI=1S/C52H32N2O4/c55-49-31-32-50(56)54(49)40-25-17-34(18-26-40)33-15-23-37(24-16-33)53(38-27-19-35(20-28-38)41-9-5-11-45-43-7-1-3-13-47(43)57-51(41)45)39-29-21-36(22-30-39)42-10-6-12-46-44-8-2-4-14-48(44)58-52(42)46/h1-32H. The molecule has 2 amide bonds. The molecule has 0 N–H and O–H groups in total. The second-order valence-corrected chi connectivity index (χ2v) is 14.4. The number of carbonyl (C=O) groups is 2. The van der Waals surface area contributed by atoms with Crippen molar-refractivity contribution in [2.45, 2.75) is 0 Å². The number of furan rings is 2. The van der Waals surface area contributed by atoms with Gasteiger partial charge in [-0.1, -0.05) is 121 Å². The Bertz CT molecular complexity index is 3070. The maximum Gasteiger partial charge on any atom is 0.258 e. The molecule has 274 valence electrons. The van der Waals surface area contributed by atoms with E-state index in [1.54, 1.807) is 12.1 Å². The summed E-state index contributed by atoms with van der Waals surface area (Å²) < 4.78 is 12.8. The van der Waals surface area contributed by atoms with Crippen molar-refractivity contribution in [2.75, 3.05) is 9.80 Å². The Labute approximate surface area is 333 Å². The molecule has 6 nitrogen and oxygen atoms in total. The van der Waals surface area contributed by atoms with Gasteiger partial charge >= 0.3 is 0 Å². The van der Waals surface area contributed by atoms with Crippen LogP contribution in [0.2, 0.25) is 0 Å². The van der Waals surface area contributed by atoms with Crippen LogP contribution < -0.4 is 9.80 Å². The zero-order chi connectivity index (χ0) is 38.7. The number of para-hydroxylation sites is 4. The number of imide groups is 1. The molecule has 10 aromatic rings. The summed E-state index contributed by atoms with van der Waals surface area (Å²) in [7, 11) is 0. The first-order chi connectivity index (χ1) is 28.6. The summed E-state index contributed by atoms with van der Waals surface area (Å²) in [6, 6.07) is 62.1. The molecule has 0 atom stereocenters. The number of hydrogen-bond acceptors (Lipinski definition) is 5. The number of amides is 2. The smallest absolute Gasteiger partial charge is 0.258 e. The van der Waals surface area contributed by atoms with Crippen molar-refractivity contribution in [3.8, 4) is 33.4 Å². The fourth-order valence-electron chi connectivity index (χ4n) is 8.24. The quantitative estimate of drug-likeness (QED) is 0.152. The van der Waals surface area contributed by atoms with Crippen LogP contribution in [0.3, 0.4) is 0 Å². The molecule has 0 saturated heterocycles. The van der Waals surface area contributed by atoms with Crippen LogP contribution in [0.15, 0.2) is 203 Å². The van der Waals surface area contributed by atoms with E-state index in [1.807, 2.05) is 48.5 Å². The lowest BCUT2D eigenvalue weighted by Crippen LogP contribution is -2.29. The Morgan fingerprint density at radius 3 is 1.19 bits per heavy atom. The monoisotopic (exact) mass is 748 g/mol. The van der Waals surface area contributed by atoms with Crippen LogP contribution in [-0.2, 0) is 9.59 Å². The highest BCUT2D eigenvalue weighted by atomic mass is 16.3. The molecular weight excluding hydrogens is 717 g/mol. The largest absolute Gasteiger partial charge is 0.455 e. The van der Waals surface area contributed by atoms with Crippen molar-refractivity contribution in [1.82, 2.24) is 0 Å². The van der Waals surface area contributed by atoms with Crippen molar-refractivity contribution < 1.29 is 18.4 Å². The molecule has 11 rings (SSSR count). The summed E-state index contributed by atoms with van der Waals surface area (Å²) in [5.74, 6) is -0.664. The number of fused-ring (bicyclic) bond motifs is 6. The molecule has 8 aromatic carbocycles. The Kier molecular flexibility index (Phi) is 7.69. The number of hydrogen-bond donors (Lipinski definition) is 0. The second kappa shape index (κ2) is 13.4. The summed E-state index contributed by atoms with van der Waals surface area (Å²) in [6.07, 6.45) is 2.59. The summed E-state index contributed by atoms with van der Waals surface area (Å²) in [5.41, 5.74) is 13.2. The number of nitrogens with zero attached hydrogens (tertiary/aromatic N) is 2. The molecular formula is C52H32N2O4. The third kappa shape index (κ3) is 5.50. The number of anilines is 4. The van der Waals surface area contributed by atoms with Gasteiger partial charge in [0.25, 0.3) is 11.8 Å². The van der Waals surface area contributed by atoms with Gasteiger partial charge in [0.05, 0.1) is 5.69 Å². The van der Waals surface area contributed by atoms with Crippen LogP contribution in [0.25, 0.3) is 77.3 Å². The summed E-state index contributed by atoms with van der Waals surface area (Å²) >= 11 is 0. The van der Waals surface area contributed by atoms with Crippen LogP contribution in [0.5, 0.6) is 0 Å². The van der Waals surface area contributed by atoms with Crippen molar-refractivity contribution >= 4 is 78.4 Å². The van der Waals surface area contributed by atoms with Gasteiger partial charge in [-0.15, -0.1) is 0 Å². The normalized spacial score (nSPS) is 12.8.